The van der Waals surface area contributed by atoms with Crippen LogP contribution in [0.2, 0.25) is 0 Å². The first-order chi connectivity index (χ1) is 8.22. The molecule has 1 heterocycles. The van der Waals surface area contributed by atoms with Gasteiger partial charge in [0.2, 0.25) is 0 Å². The van der Waals surface area contributed by atoms with E-state index >= 15 is 0 Å². The third-order valence-electron chi connectivity index (χ3n) is 3.62. The first kappa shape index (κ1) is 10.3. The lowest BCUT2D eigenvalue weighted by atomic mass is 9.94. The number of carbonyl (C=O) groups excluding carboxylic acids is 2. The van der Waals surface area contributed by atoms with Crippen LogP contribution in [0, 0.1) is 0 Å². The van der Waals surface area contributed by atoms with Crippen molar-refractivity contribution in [1.29, 1.82) is 0 Å². The molecule has 2 aliphatic rings. The van der Waals surface area contributed by atoms with Gasteiger partial charge in [-0.2, -0.15) is 0 Å². The molecule has 1 aromatic carbocycles. The number of methoxy groups -OCH3 is 1. The normalized spacial score (nSPS) is 21.4. The number of ketones is 1. The number of amides is 1. The molecule has 1 amide bonds. The molecular formula is C13H13NO3. The van der Waals surface area contributed by atoms with E-state index in [0.717, 1.165) is 17.5 Å². The van der Waals surface area contributed by atoms with E-state index in [0.29, 0.717) is 13.0 Å². The van der Waals surface area contributed by atoms with Crippen LogP contribution in [0.5, 0.6) is 0 Å². The van der Waals surface area contributed by atoms with Crippen LogP contribution in [0.4, 0.5) is 4.79 Å². The summed E-state index contributed by atoms with van der Waals surface area (Å²) in [5.74, 6) is 0.127. The van der Waals surface area contributed by atoms with Crippen molar-refractivity contribution in [2.45, 2.75) is 18.9 Å². The molecule has 3 rings (SSSR count). The van der Waals surface area contributed by atoms with Gasteiger partial charge in [0.05, 0.1) is 13.2 Å². The summed E-state index contributed by atoms with van der Waals surface area (Å²) >= 11 is 0. The fraction of sp³-hybridized carbons (Fsp3) is 0.385. The maximum atomic E-state index is 11.9. The lowest BCUT2D eigenvalue weighted by Gasteiger charge is -2.33. The first-order valence-corrected chi connectivity index (χ1v) is 5.72. The highest BCUT2D eigenvalue weighted by molar-refractivity contribution is 6.02. The highest BCUT2D eigenvalue weighted by Gasteiger charge is 2.40. The Bertz CT molecular complexity index is 509. The molecule has 17 heavy (non-hydrogen) atoms. The summed E-state index contributed by atoms with van der Waals surface area (Å²) in [6, 6.07) is 5.69. The lowest BCUT2D eigenvalue weighted by Crippen LogP contribution is -2.39. The quantitative estimate of drug-likeness (QED) is 0.685. The van der Waals surface area contributed by atoms with Crippen LogP contribution in [-0.2, 0) is 11.2 Å². The minimum Gasteiger partial charge on any atom is -0.453 e. The number of carbonyl (C=O) groups is 2. The van der Waals surface area contributed by atoms with Crippen molar-refractivity contribution in [3.05, 3.63) is 34.9 Å². The predicted octanol–water partition coefficient (Wildman–Crippen LogP) is 1.94. The Hall–Kier alpha value is -1.84. The standard InChI is InChI=1S/C13H13NO3/c1-17-13(16)14-6-5-8-3-2-4-9-11(15)7-10(14)12(8)9/h2-4,10H,5-7H2,1H3. The van der Waals surface area contributed by atoms with Crippen LogP contribution in [0.3, 0.4) is 0 Å². The van der Waals surface area contributed by atoms with E-state index in [1.54, 1.807) is 4.90 Å². The smallest absolute Gasteiger partial charge is 0.410 e. The van der Waals surface area contributed by atoms with E-state index < -0.39 is 0 Å². The number of Topliss-reactive ketones (excluding diaryl/α,β-unsaturated/α-hetero) is 1. The van der Waals surface area contributed by atoms with E-state index in [1.807, 2.05) is 18.2 Å². The second-order valence-corrected chi connectivity index (χ2v) is 4.43. The third-order valence-corrected chi connectivity index (χ3v) is 3.62. The van der Waals surface area contributed by atoms with E-state index in [9.17, 15) is 9.59 Å². The Morgan fingerprint density at radius 2 is 2.29 bits per heavy atom. The average molecular weight is 231 g/mol. The molecule has 0 radical (unpaired) electrons. The second kappa shape index (κ2) is 3.58. The number of benzene rings is 1. The average Bonchev–Trinajstić information content (AvgIpc) is 2.69. The third kappa shape index (κ3) is 1.37. The van der Waals surface area contributed by atoms with Gasteiger partial charge in [-0.15, -0.1) is 0 Å². The molecular weight excluding hydrogens is 218 g/mol. The summed E-state index contributed by atoms with van der Waals surface area (Å²) in [4.78, 5) is 25.2. The van der Waals surface area contributed by atoms with Crippen LogP contribution in [0.25, 0.3) is 0 Å². The molecule has 0 N–H and O–H groups in total. The van der Waals surface area contributed by atoms with Crippen molar-refractivity contribution in [3.63, 3.8) is 0 Å². The summed E-state index contributed by atoms with van der Waals surface area (Å²) < 4.78 is 4.77. The van der Waals surface area contributed by atoms with Gasteiger partial charge in [0.1, 0.15) is 0 Å². The topological polar surface area (TPSA) is 46.6 Å². The van der Waals surface area contributed by atoms with Crippen molar-refractivity contribution < 1.29 is 14.3 Å². The monoisotopic (exact) mass is 231 g/mol. The molecule has 1 unspecified atom stereocenters. The zero-order valence-corrected chi connectivity index (χ0v) is 9.60. The minimum absolute atomic E-state index is 0.116. The van der Waals surface area contributed by atoms with Gasteiger partial charge in [0, 0.05) is 18.5 Å². The fourth-order valence-electron chi connectivity index (χ4n) is 2.85. The molecule has 1 aliphatic carbocycles. The van der Waals surface area contributed by atoms with Crippen molar-refractivity contribution in [2.75, 3.05) is 13.7 Å². The largest absolute Gasteiger partial charge is 0.453 e. The SMILES string of the molecule is COC(=O)N1CCc2cccc3c2C1CC3=O. The highest BCUT2D eigenvalue weighted by atomic mass is 16.5. The van der Waals surface area contributed by atoms with Crippen molar-refractivity contribution in [3.8, 4) is 0 Å². The van der Waals surface area contributed by atoms with Crippen LogP contribution in [-0.4, -0.2) is 30.4 Å². The molecule has 0 fully saturated rings. The van der Waals surface area contributed by atoms with Gasteiger partial charge in [-0.1, -0.05) is 18.2 Å². The molecule has 4 nitrogen and oxygen atoms in total. The molecule has 88 valence electrons. The molecule has 0 aromatic heterocycles. The predicted molar refractivity (Wildman–Crippen MR) is 60.9 cm³/mol. The van der Waals surface area contributed by atoms with Gasteiger partial charge in [0.25, 0.3) is 0 Å². The van der Waals surface area contributed by atoms with E-state index in [4.69, 9.17) is 4.74 Å². The molecule has 1 aromatic rings. The van der Waals surface area contributed by atoms with Gasteiger partial charge >= 0.3 is 6.09 Å². The summed E-state index contributed by atoms with van der Waals surface area (Å²) in [7, 11) is 1.38. The van der Waals surface area contributed by atoms with E-state index in [-0.39, 0.29) is 17.9 Å². The Morgan fingerprint density at radius 1 is 1.47 bits per heavy atom. The molecule has 0 bridgehead atoms. The summed E-state index contributed by atoms with van der Waals surface area (Å²) in [5.41, 5.74) is 3.01. The Kier molecular flexibility index (Phi) is 2.18. The Morgan fingerprint density at radius 3 is 3.06 bits per heavy atom. The number of hydrogen-bond donors (Lipinski definition) is 0. The lowest BCUT2D eigenvalue weighted by molar-refractivity contribution is 0.0890. The van der Waals surface area contributed by atoms with Crippen LogP contribution in [0.15, 0.2) is 18.2 Å². The fourth-order valence-corrected chi connectivity index (χ4v) is 2.85. The highest BCUT2D eigenvalue weighted by Crippen LogP contribution is 2.41. The molecule has 0 saturated heterocycles. The van der Waals surface area contributed by atoms with Gasteiger partial charge < -0.3 is 9.64 Å². The number of ether oxygens (including phenoxy) is 1. The van der Waals surface area contributed by atoms with Gasteiger partial charge in [-0.05, 0) is 17.5 Å². The number of nitrogens with zero attached hydrogens (tertiary/aromatic N) is 1. The number of hydrogen-bond acceptors (Lipinski definition) is 3. The van der Waals surface area contributed by atoms with Crippen LogP contribution in [0.1, 0.15) is 33.9 Å². The van der Waals surface area contributed by atoms with E-state index in [2.05, 4.69) is 0 Å². The summed E-state index contributed by atoms with van der Waals surface area (Å²) in [6.07, 6.45) is 0.842. The summed E-state index contributed by atoms with van der Waals surface area (Å²) in [6.45, 7) is 0.626. The van der Waals surface area contributed by atoms with Crippen molar-refractivity contribution >= 4 is 11.9 Å². The summed E-state index contributed by atoms with van der Waals surface area (Å²) in [5, 5.41) is 0. The second-order valence-electron chi connectivity index (χ2n) is 4.43. The molecule has 1 aliphatic heterocycles. The maximum Gasteiger partial charge on any atom is 0.410 e. The molecule has 4 heteroatoms. The minimum atomic E-state index is -0.342. The zero-order valence-electron chi connectivity index (χ0n) is 9.60. The van der Waals surface area contributed by atoms with Crippen molar-refractivity contribution in [2.24, 2.45) is 0 Å². The van der Waals surface area contributed by atoms with Crippen molar-refractivity contribution in [1.82, 2.24) is 4.90 Å². The molecule has 0 saturated carbocycles. The molecule has 1 atom stereocenters. The van der Waals surface area contributed by atoms with Gasteiger partial charge in [-0.3, -0.25) is 4.79 Å². The Labute approximate surface area is 99.2 Å². The van der Waals surface area contributed by atoms with E-state index in [1.165, 1.54) is 12.7 Å². The number of rotatable bonds is 0. The van der Waals surface area contributed by atoms with Gasteiger partial charge in [0.15, 0.2) is 5.78 Å². The molecule has 0 spiro atoms. The maximum absolute atomic E-state index is 11.9. The van der Waals surface area contributed by atoms with Crippen LogP contribution >= 0.6 is 0 Å². The zero-order chi connectivity index (χ0) is 12.0. The van der Waals surface area contributed by atoms with Gasteiger partial charge in [-0.25, -0.2) is 4.79 Å². The van der Waals surface area contributed by atoms with Crippen LogP contribution < -0.4 is 0 Å². The Balaban J connectivity index is 2.09. The first-order valence-electron chi connectivity index (χ1n) is 5.72.